The van der Waals surface area contributed by atoms with Crippen LogP contribution in [0.3, 0.4) is 0 Å². The van der Waals surface area contributed by atoms with Crippen molar-refractivity contribution >= 4 is 35.0 Å². The van der Waals surface area contributed by atoms with Crippen LogP contribution in [-0.2, 0) is 4.79 Å². The third kappa shape index (κ3) is 3.19. The molecular weight excluding hydrogens is 256 g/mol. The number of carboxylic acids is 1. The molecule has 2 aromatic rings. The van der Waals surface area contributed by atoms with E-state index in [1.807, 2.05) is 36.4 Å². The molecule has 0 amide bonds. The van der Waals surface area contributed by atoms with Gasteiger partial charge in [-0.3, -0.25) is 0 Å². The highest BCUT2D eigenvalue weighted by Crippen LogP contribution is 2.31. The SMILES string of the molecule is O=C(O)/C=C/c1cccc(-c2ccc(Cl)s2)c1. The standard InChI is InChI=1S/C13H9ClO2S/c14-12-6-5-11(17-12)10-3-1-2-9(8-10)4-7-13(15)16/h1-8H,(H,15,16)/b7-4+. The smallest absolute Gasteiger partial charge is 0.328 e. The Morgan fingerprint density at radius 3 is 2.76 bits per heavy atom. The molecule has 2 rings (SSSR count). The highest BCUT2D eigenvalue weighted by Gasteiger charge is 2.01. The normalized spacial score (nSPS) is 10.9. The van der Waals surface area contributed by atoms with Crippen molar-refractivity contribution in [3.8, 4) is 10.4 Å². The Morgan fingerprint density at radius 1 is 1.29 bits per heavy atom. The molecule has 0 radical (unpaired) electrons. The molecule has 86 valence electrons. The van der Waals surface area contributed by atoms with Crippen LogP contribution in [0.5, 0.6) is 0 Å². The Morgan fingerprint density at radius 2 is 2.12 bits per heavy atom. The van der Waals surface area contributed by atoms with Crippen LogP contribution < -0.4 is 0 Å². The summed E-state index contributed by atoms with van der Waals surface area (Å²) in [5.74, 6) is -0.949. The summed E-state index contributed by atoms with van der Waals surface area (Å²) in [6.07, 6.45) is 2.70. The zero-order valence-electron chi connectivity index (χ0n) is 8.76. The van der Waals surface area contributed by atoms with E-state index >= 15 is 0 Å². The summed E-state index contributed by atoms with van der Waals surface area (Å²) >= 11 is 7.38. The van der Waals surface area contributed by atoms with Crippen molar-refractivity contribution in [3.63, 3.8) is 0 Å². The maximum absolute atomic E-state index is 10.4. The Bertz CT molecular complexity index is 572. The Labute approximate surface area is 108 Å². The molecule has 17 heavy (non-hydrogen) atoms. The van der Waals surface area contributed by atoms with Crippen molar-refractivity contribution in [1.29, 1.82) is 0 Å². The number of rotatable bonds is 3. The molecule has 1 heterocycles. The molecule has 0 unspecified atom stereocenters. The van der Waals surface area contributed by atoms with Crippen molar-refractivity contribution in [1.82, 2.24) is 0 Å². The summed E-state index contributed by atoms with van der Waals surface area (Å²) in [5.41, 5.74) is 1.89. The topological polar surface area (TPSA) is 37.3 Å². The van der Waals surface area contributed by atoms with E-state index in [0.717, 1.165) is 26.4 Å². The molecule has 4 heteroatoms. The number of halogens is 1. The largest absolute Gasteiger partial charge is 0.478 e. The average molecular weight is 265 g/mol. The maximum atomic E-state index is 10.4. The fourth-order valence-electron chi connectivity index (χ4n) is 1.43. The summed E-state index contributed by atoms with van der Waals surface area (Å²) in [7, 11) is 0. The first-order valence-corrected chi connectivity index (χ1v) is 6.11. The minimum Gasteiger partial charge on any atom is -0.478 e. The summed E-state index contributed by atoms with van der Waals surface area (Å²) in [6, 6.07) is 11.5. The van der Waals surface area contributed by atoms with Crippen LogP contribution in [0.25, 0.3) is 16.5 Å². The molecule has 1 aromatic carbocycles. The van der Waals surface area contributed by atoms with Crippen LogP contribution in [-0.4, -0.2) is 11.1 Å². The fraction of sp³-hybridized carbons (Fsp3) is 0. The first-order valence-electron chi connectivity index (χ1n) is 4.92. The summed E-state index contributed by atoms with van der Waals surface area (Å²) in [4.78, 5) is 11.5. The monoisotopic (exact) mass is 264 g/mol. The number of hydrogen-bond acceptors (Lipinski definition) is 2. The second-order valence-electron chi connectivity index (χ2n) is 3.40. The first-order chi connectivity index (χ1) is 8.15. The second kappa shape index (κ2) is 5.17. The molecule has 0 aliphatic heterocycles. The Hall–Kier alpha value is -1.58. The summed E-state index contributed by atoms with van der Waals surface area (Å²) in [6.45, 7) is 0. The van der Waals surface area contributed by atoms with Gasteiger partial charge in [0.25, 0.3) is 0 Å². The number of benzene rings is 1. The molecule has 0 saturated heterocycles. The average Bonchev–Trinajstić information content (AvgIpc) is 2.74. The van der Waals surface area contributed by atoms with Crippen LogP contribution in [0.2, 0.25) is 4.34 Å². The van der Waals surface area contributed by atoms with Gasteiger partial charge in [0.15, 0.2) is 0 Å². The lowest BCUT2D eigenvalue weighted by atomic mass is 10.1. The minimum absolute atomic E-state index is 0.742. The molecular formula is C13H9ClO2S. The van der Waals surface area contributed by atoms with E-state index in [9.17, 15) is 4.79 Å². The van der Waals surface area contributed by atoms with Crippen LogP contribution in [0, 0.1) is 0 Å². The second-order valence-corrected chi connectivity index (χ2v) is 5.12. The number of thiophene rings is 1. The van der Waals surface area contributed by atoms with Gasteiger partial charge in [-0.2, -0.15) is 0 Å². The van der Waals surface area contributed by atoms with E-state index in [0.29, 0.717) is 0 Å². The zero-order chi connectivity index (χ0) is 12.3. The molecule has 0 atom stereocenters. The minimum atomic E-state index is -0.949. The van der Waals surface area contributed by atoms with Gasteiger partial charge in [0.2, 0.25) is 0 Å². The number of hydrogen-bond donors (Lipinski definition) is 1. The van der Waals surface area contributed by atoms with Crippen molar-refractivity contribution in [2.24, 2.45) is 0 Å². The molecule has 1 N–H and O–H groups in total. The highest BCUT2D eigenvalue weighted by atomic mass is 35.5. The molecule has 1 aromatic heterocycles. The maximum Gasteiger partial charge on any atom is 0.328 e. The quantitative estimate of drug-likeness (QED) is 0.845. The van der Waals surface area contributed by atoms with Crippen molar-refractivity contribution < 1.29 is 9.90 Å². The van der Waals surface area contributed by atoms with Gasteiger partial charge in [-0.1, -0.05) is 29.8 Å². The molecule has 0 aliphatic carbocycles. The Balaban J connectivity index is 2.31. The van der Waals surface area contributed by atoms with E-state index in [1.165, 1.54) is 11.3 Å². The van der Waals surface area contributed by atoms with E-state index in [-0.39, 0.29) is 0 Å². The lowest BCUT2D eigenvalue weighted by Gasteiger charge is -1.99. The molecule has 0 aliphatic rings. The molecule has 0 bridgehead atoms. The van der Waals surface area contributed by atoms with Crippen LogP contribution in [0.1, 0.15) is 5.56 Å². The summed E-state index contributed by atoms with van der Waals surface area (Å²) in [5, 5.41) is 8.56. The van der Waals surface area contributed by atoms with Crippen molar-refractivity contribution in [2.75, 3.05) is 0 Å². The van der Waals surface area contributed by atoms with Gasteiger partial charge in [-0.15, -0.1) is 11.3 Å². The van der Waals surface area contributed by atoms with Gasteiger partial charge in [0.05, 0.1) is 4.34 Å². The van der Waals surface area contributed by atoms with Gasteiger partial charge >= 0.3 is 5.97 Å². The van der Waals surface area contributed by atoms with Crippen molar-refractivity contribution in [2.45, 2.75) is 0 Å². The van der Waals surface area contributed by atoms with Crippen LogP contribution >= 0.6 is 22.9 Å². The molecule has 2 nitrogen and oxygen atoms in total. The van der Waals surface area contributed by atoms with Crippen LogP contribution in [0.4, 0.5) is 0 Å². The van der Waals surface area contributed by atoms with Gasteiger partial charge in [-0.25, -0.2) is 4.79 Å². The highest BCUT2D eigenvalue weighted by molar-refractivity contribution is 7.19. The van der Waals surface area contributed by atoms with Gasteiger partial charge in [-0.05, 0) is 35.4 Å². The number of carboxylic acid groups (broad SMARTS) is 1. The predicted octanol–water partition coefficient (Wildman–Crippen LogP) is 4.17. The van der Waals surface area contributed by atoms with Gasteiger partial charge in [0.1, 0.15) is 0 Å². The van der Waals surface area contributed by atoms with E-state index in [1.54, 1.807) is 6.08 Å². The van der Waals surface area contributed by atoms with Crippen LogP contribution in [0.15, 0.2) is 42.5 Å². The third-order valence-corrected chi connectivity index (χ3v) is 3.44. The van der Waals surface area contributed by atoms with Gasteiger partial charge in [0, 0.05) is 11.0 Å². The van der Waals surface area contributed by atoms with E-state index in [4.69, 9.17) is 16.7 Å². The zero-order valence-corrected chi connectivity index (χ0v) is 10.3. The fourth-order valence-corrected chi connectivity index (χ4v) is 2.47. The lowest BCUT2D eigenvalue weighted by Crippen LogP contribution is -1.85. The van der Waals surface area contributed by atoms with E-state index in [2.05, 4.69) is 0 Å². The molecule has 0 fully saturated rings. The summed E-state index contributed by atoms with van der Waals surface area (Å²) < 4.78 is 0.742. The first kappa shape index (κ1) is 11.9. The number of carbonyl (C=O) groups is 1. The predicted molar refractivity (Wildman–Crippen MR) is 71.4 cm³/mol. The van der Waals surface area contributed by atoms with Gasteiger partial charge < -0.3 is 5.11 Å². The Kier molecular flexibility index (Phi) is 3.61. The molecule has 0 saturated carbocycles. The number of aliphatic carboxylic acids is 1. The lowest BCUT2D eigenvalue weighted by molar-refractivity contribution is -0.131. The molecule has 0 spiro atoms. The third-order valence-electron chi connectivity index (χ3n) is 2.16. The van der Waals surface area contributed by atoms with E-state index < -0.39 is 5.97 Å². The van der Waals surface area contributed by atoms with Crippen molar-refractivity contribution in [3.05, 3.63) is 52.4 Å².